The number of nitrogens with zero attached hydrogens (tertiary/aromatic N) is 1. The molecule has 0 bridgehead atoms. The molecule has 0 unspecified atom stereocenters. The van der Waals surface area contributed by atoms with Gasteiger partial charge in [-0.1, -0.05) is 23.2 Å². The van der Waals surface area contributed by atoms with Gasteiger partial charge in [-0.3, -0.25) is 9.59 Å². The monoisotopic (exact) mass is 441 g/mol. The summed E-state index contributed by atoms with van der Waals surface area (Å²) in [5, 5.41) is 2.37. The molecule has 1 heterocycles. The van der Waals surface area contributed by atoms with Crippen molar-refractivity contribution in [3.63, 3.8) is 0 Å². The second kappa shape index (κ2) is 8.26. The number of nitrogens with one attached hydrogen (secondary N) is 2. The van der Waals surface area contributed by atoms with E-state index in [0.717, 1.165) is 12.1 Å². The Labute approximate surface area is 172 Å². The molecule has 150 valence electrons. The Hall–Kier alpha value is -2.84. The van der Waals surface area contributed by atoms with Gasteiger partial charge < -0.3 is 10.3 Å². The van der Waals surface area contributed by atoms with Crippen LogP contribution in [-0.2, 0) is 17.4 Å². The molecule has 0 aliphatic carbocycles. The van der Waals surface area contributed by atoms with Gasteiger partial charge in [-0.2, -0.15) is 13.2 Å². The number of H-pyrrole nitrogens is 1. The Morgan fingerprint density at radius 2 is 1.79 bits per heavy atom. The third kappa shape index (κ3) is 5.16. The number of anilines is 1. The highest BCUT2D eigenvalue weighted by atomic mass is 35.5. The molecule has 0 saturated heterocycles. The molecule has 3 aromatic rings. The highest BCUT2D eigenvalue weighted by Crippen LogP contribution is 2.36. The minimum Gasteiger partial charge on any atom is -0.326 e. The minimum atomic E-state index is -4.66. The first-order valence-electron chi connectivity index (χ1n) is 8.14. The van der Waals surface area contributed by atoms with Crippen molar-refractivity contribution in [2.45, 2.75) is 12.6 Å². The van der Waals surface area contributed by atoms with Crippen LogP contribution in [0.15, 0.2) is 53.5 Å². The molecule has 29 heavy (non-hydrogen) atoms. The predicted octanol–water partition coefficient (Wildman–Crippen LogP) is 4.94. The fraction of sp³-hybridized carbons (Fsp3) is 0.105. The number of aromatic nitrogens is 2. The van der Waals surface area contributed by atoms with E-state index in [1.54, 1.807) is 24.3 Å². The highest BCUT2D eigenvalue weighted by Gasteiger charge is 2.33. The van der Waals surface area contributed by atoms with Gasteiger partial charge in [0.15, 0.2) is 0 Å². The van der Waals surface area contributed by atoms with Crippen molar-refractivity contribution in [3.8, 4) is 11.4 Å². The molecule has 2 N–H and O–H groups in total. The van der Waals surface area contributed by atoms with Crippen molar-refractivity contribution in [2.75, 3.05) is 5.32 Å². The highest BCUT2D eigenvalue weighted by molar-refractivity contribution is 6.31. The Bertz CT molecular complexity index is 1110. The number of hydrogen-bond donors (Lipinski definition) is 2. The van der Waals surface area contributed by atoms with Crippen LogP contribution in [0.3, 0.4) is 0 Å². The molecule has 0 aliphatic rings. The summed E-state index contributed by atoms with van der Waals surface area (Å²) in [6, 6.07) is 9.62. The van der Waals surface area contributed by atoms with Gasteiger partial charge in [0.2, 0.25) is 5.91 Å². The van der Waals surface area contributed by atoms with Crippen LogP contribution >= 0.6 is 23.2 Å². The smallest absolute Gasteiger partial charge is 0.326 e. The summed E-state index contributed by atoms with van der Waals surface area (Å²) in [4.78, 5) is 31.1. The van der Waals surface area contributed by atoms with Gasteiger partial charge in [0.1, 0.15) is 5.82 Å². The van der Waals surface area contributed by atoms with E-state index in [1.165, 1.54) is 12.3 Å². The minimum absolute atomic E-state index is 0.0604. The Balaban J connectivity index is 1.74. The molecule has 1 aromatic heterocycles. The maximum atomic E-state index is 12.9. The third-order valence-electron chi connectivity index (χ3n) is 3.90. The molecule has 0 radical (unpaired) electrons. The Morgan fingerprint density at radius 3 is 2.41 bits per heavy atom. The van der Waals surface area contributed by atoms with Crippen LogP contribution < -0.4 is 10.9 Å². The lowest BCUT2D eigenvalue weighted by atomic mass is 10.1. The van der Waals surface area contributed by atoms with Crippen LogP contribution in [0.25, 0.3) is 11.4 Å². The summed E-state index contributed by atoms with van der Waals surface area (Å²) in [6.07, 6.45) is -3.78. The largest absolute Gasteiger partial charge is 0.417 e. The number of alkyl halides is 3. The van der Waals surface area contributed by atoms with E-state index in [0.29, 0.717) is 16.4 Å². The van der Waals surface area contributed by atoms with Crippen molar-refractivity contribution in [2.24, 2.45) is 0 Å². The number of amides is 1. The molecule has 1 amide bonds. The van der Waals surface area contributed by atoms with Crippen molar-refractivity contribution in [3.05, 3.63) is 80.2 Å². The number of benzene rings is 2. The first kappa shape index (κ1) is 20.9. The molecular formula is C19H12Cl2F3N3O2. The standard InChI is InChI=1S/C19H12Cl2F3N3O2/c20-12-3-1-10(2-4-12)17-25-9-11(18(29)27-17)7-16(28)26-13-5-6-15(21)14(8-13)19(22,23)24/h1-6,8-9H,7H2,(H,26,28)(H,25,27,29). The summed E-state index contributed by atoms with van der Waals surface area (Å²) in [5.74, 6) is -0.379. The Kier molecular flexibility index (Phi) is 5.95. The first-order chi connectivity index (χ1) is 13.6. The van der Waals surface area contributed by atoms with Gasteiger partial charge >= 0.3 is 6.18 Å². The zero-order valence-corrected chi connectivity index (χ0v) is 16.0. The maximum Gasteiger partial charge on any atom is 0.417 e. The van der Waals surface area contributed by atoms with Gasteiger partial charge in [0.05, 0.1) is 17.0 Å². The average molecular weight is 442 g/mol. The summed E-state index contributed by atoms with van der Waals surface area (Å²) in [5.41, 5.74) is -1.00. The second-order valence-electron chi connectivity index (χ2n) is 6.01. The summed E-state index contributed by atoms with van der Waals surface area (Å²) in [6.45, 7) is 0. The molecule has 5 nitrogen and oxygen atoms in total. The number of rotatable bonds is 4. The summed E-state index contributed by atoms with van der Waals surface area (Å²) >= 11 is 11.4. The molecular weight excluding hydrogens is 430 g/mol. The quantitative estimate of drug-likeness (QED) is 0.601. The van der Waals surface area contributed by atoms with Gasteiger partial charge in [-0.05, 0) is 42.5 Å². The van der Waals surface area contributed by atoms with Crippen LogP contribution in [0.5, 0.6) is 0 Å². The van der Waals surface area contributed by atoms with Crippen molar-refractivity contribution in [1.29, 1.82) is 0 Å². The summed E-state index contributed by atoms with van der Waals surface area (Å²) in [7, 11) is 0. The van der Waals surface area contributed by atoms with Crippen LogP contribution in [0.2, 0.25) is 10.0 Å². The predicted molar refractivity (Wildman–Crippen MR) is 104 cm³/mol. The van der Waals surface area contributed by atoms with E-state index in [9.17, 15) is 22.8 Å². The molecule has 0 fully saturated rings. The number of carbonyl (C=O) groups is 1. The average Bonchev–Trinajstić information content (AvgIpc) is 2.65. The number of aromatic amines is 1. The molecule has 0 atom stereocenters. The van der Waals surface area contributed by atoms with Gasteiger partial charge in [-0.25, -0.2) is 4.98 Å². The van der Waals surface area contributed by atoms with E-state index < -0.39 is 28.2 Å². The topological polar surface area (TPSA) is 74.8 Å². The van der Waals surface area contributed by atoms with Crippen LogP contribution in [-0.4, -0.2) is 15.9 Å². The lowest BCUT2D eigenvalue weighted by Gasteiger charge is -2.11. The van der Waals surface area contributed by atoms with Crippen molar-refractivity contribution in [1.82, 2.24) is 9.97 Å². The second-order valence-corrected chi connectivity index (χ2v) is 6.85. The van der Waals surface area contributed by atoms with Crippen LogP contribution in [0.1, 0.15) is 11.1 Å². The zero-order valence-electron chi connectivity index (χ0n) is 14.5. The molecule has 2 aromatic carbocycles. The molecule has 0 saturated carbocycles. The number of halogens is 5. The lowest BCUT2D eigenvalue weighted by Crippen LogP contribution is -2.22. The van der Waals surface area contributed by atoms with Crippen LogP contribution in [0, 0.1) is 0 Å². The van der Waals surface area contributed by atoms with E-state index in [4.69, 9.17) is 23.2 Å². The fourth-order valence-corrected chi connectivity index (χ4v) is 2.85. The van der Waals surface area contributed by atoms with Gasteiger partial charge in [-0.15, -0.1) is 0 Å². The molecule has 0 aliphatic heterocycles. The molecule has 0 spiro atoms. The van der Waals surface area contributed by atoms with E-state index >= 15 is 0 Å². The van der Waals surface area contributed by atoms with Crippen molar-refractivity contribution >= 4 is 34.8 Å². The van der Waals surface area contributed by atoms with Crippen LogP contribution in [0.4, 0.5) is 18.9 Å². The molecule has 3 rings (SSSR count). The van der Waals surface area contributed by atoms with Crippen molar-refractivity contribution < 1.29 is 18.0 Å². The zero-order chi connectivity index (χ0) is 21.2. The number of carbonyl (C=O) groups excluding carboxylic acids is 1. The van der Waals surface area contributed by atoms with E-state index in [2.05, 4.69) is 15.3 Å². The normalized spacial score (nSPS) is 11.3. The van der Waals surface area contributed by atoms with E-state index in [1.807, 2.05) is 0 Å². The fourth-order valence-electron chi connectivity index (χ4n) is 2.50. The lowest BCUT2D eigenvalue weighted by molar-refractivity contribution is -0.137. The number of hydrogen-bond acceptors (Lipinski definition) is 3. The Morgan fingerprint density at radius 1 is 1.10 bits per heavy atom. The maximum absolute atomic E-state index is 12.9. The molecule has 10 heteroatoms. The summed E-state index contributed by atoms with van der Waals surface area (Å²) < 4.78 is 38.7. The van der Waals surface area contributed by atoms with E-state index in [-0.39, 0.29) is 17.7 Å². The first-order valence-corrected chi connectivity index (χ1v) is 8.90. The van der Waals surface area contributed by atoms with Gasteiger partial charge in [0.25, 0.3) is 5.56 Å². The van der Waals surface area contributed by atoms with Gasteiger partial charge in [0, 0.05) is 28.0 Å². The SMILES string of the molecule is O=C(Cc1cnc(-c2ccc(Cl)cc2)[nH]c1=O)Nc1ccc(Cl)c(C(F)(F)F)c1. The third-order valence-corrected chi connectivity index (χ3v) is 4.48.